The van der Waals surface area contributed by atoms with Gasteiger partial charge in [-0.2, -0.15) is 0 Å². The van der Waals surface area contributed by atoms with E-state index >= 15 is 0 Å². The molecule has 0 aromatic carbocycles. The van der Waals surface area contributed by atoms with E-state index in [9.17, 15) is 5.11 Å². The molecule has 1 aliphatic heterocycles. The van der Waals surface area contributed by atoms with Crippen LogP contribution in [0.2, 0.25) is 0 Å². The predicted molar refractivity (Wildman–Crippen MR) is 68.3 cm³/mol. The second kappa shape index (κ2) is 5.99. The Kier molecular flexibility index (Phi) is 5.22. The largest absolute Gasteiger partial charge is 0.389 e. The number of hydrogen-bond donors (Lipinski definition) is 2. The molecule has 1 saturated heterocycles. The third-order valence-electron chi connectivity index (χ3n) is 4.08. The summed E-state index contributed by atoms with van der Waals surface area (Å²) in [6, 6.07) is 0.590. The highest BCUT2D eigenvalue weighted by Crippen LogP contribution is 2.32. The minimum Gasteiger partial charge on any atom is -0.389 e. The van der Waals surface area contributed by atoms with Crippen molar-refractivity contribution in [2.24, 2.45) is 11.7 Å². The monoisotopic (exact) mass is 228 g/mol. The normalized spacial score (nSPS) is 23.6. The first kappa shape index (κ1) is 13.9. The van der Waals surface area contributed by atoms with Gasteiger partial charge in [0.25, 0.3) is 0 Å². The van der Waals surface area contributed by atoms with Crippen molar-refractivity contribution in [2.75, 3.05) is 19.6 Å². The highest BCUT2D eigenvalue weighted by atomic mass is 16.3. The van der Waals surface area contributed by atoms with Gasteiger partial charge in [-0.25, -0.2) is 0 Å². The summed E-state index contributed by atoms with van der Waals surface area (Å²) < 4.78 is 0. The van der Waals surface area contributed by atoms with Gasteiger partial charge in [-0.15, -0.1) is 0 Å². The lowest BCUT2D eigenvalue weighted by Gasteiger charge is -2.44. The van der Waals surface area contributed by atoms with Crippen LogP contribution in [-0.2, 0) is 0 Å². The van der Waals surface area contributed by atoms with Crippen LogP contribution in [-0.4, -0.2) is 41.3 Å². The summed E-state index contributed by atoms with van der Waals surface area (Å²) in [5.41, 5.74) is 5.29. The molecule has 1 heterocycles. The minimum absolute atomic E-state index is 0.284. The predicted octanol–water partition coefficient (Wildman–Crippen LogP) is 1.60. The molecule has 0 radical (unpaired) electrons. The zero-order valence-electron chi connectivity index (χ0n) is 11.1. The summed E-state index contributed by atoms with van der Waals surface area (Å²) in [5.74, 6) is 0.284. The molecule has 3 N–H and O–H groups in total. The van der Waals surface area contributed by atoms with Crippen LogP contribution < -0.4 is 5.73 Å². The smallest absolute Gasteiger partial charge is 0.0712 e. The van der Waals surface area contributed by atoms with E-state index in [0.29, 0.717) is 12.6 Å². The fourth-order valence-corrected chi connectivity index (χ4v) is 2.79. The van der Waals surface area contributed by atoms with Gasteiger partial charge in [0, 0.05) is 19.1 Å². The summed E-state index contributed by atoms with van der Waals surface area (Å²) in [5, 5.41) is 10.7. The standard InChI is InChI=1S/C13H28N2O/c1-4-5-12(10-14)13(16)6-8-15(9-7-13)11(2)3/h11-12,16H,4-10,14H2,1-3H3. The van der Waals surface area contributed by atoms with E-state index in [1.165, 1.54) is 0 Å². The molecule has 96 valence electrons. The average Bonchev–Trinajstić information content (AvgIpc) is 2.26. The second-order valence-corrected chi connectivity index (χ2v) is 5.45. The number of nitrogens with zero attached hydrogens (tertiary/aromatic N) is 1. The lowest BCUT2D eigenvalue weighted by Crippen LogP contribution is -2.52. The molecule has 16 heavy (non-hydrogen) atoms. The maximum atomic E-state index is 10.7. The molecule has 1 aliphatic rings. The first-order valence-corrected chi connectivity index (χ1v) is 6.70. The molecular weight excluding hydrogens is 200 g/mol. The van der Waals surface area contributed by atoms with E-state index < -0.39 is 5.60 Å². The first-order chi connectivity index (χ1) is 7.53. The molecule has 1 unspecified atom stereocenters. The minimum atomic E-state index is -0.504. The van der Waals surface area contributed by atoms with Crippen molar-refractivity contribution < 1.29 is 5.11 Å². The number of likely N-dealkylation sites (tertiary alicyclic amines) is 1. The van der Waals surface area contributed by atoms with Crippen molar-refractivity contribution in [3.63, 3.8) is 0 Å². The highest BCUT2D eigenvalue weighted by Gasteiger charge is 2.38. The van der Waals surface area contributed by atoms with E-state index in [1.54, 1.807) is 0 Å². The van der Waals surface area contributed by atoms with E-state index in [1.807, 2.05) is 0 Å². The van der Waals surface area contributed by atoms with Crippen LogP contribution in [0.3, 0.4) is 0 Å². The Bertz CT molecular complexity index is 198. The van der Waals surface area contributed by atoms with Gasteiger partial charge >= 0.3 is 0 Å². The third kappa shape index (κ3) is 3.19. The van der Waals surface area contributed by atoms with Gasteiger partial charge in [-0.3, -0.25) is 0 Å². The topological polar surface area (TPSA) is 49.5 Å². The van der Waals surface area contributed by atoms with Gasteiger partial charge in [0.15, 0.2) is 0 Å². The molecule has 0 aromatic rings. The van der Waals surface area contributed by atoms with Gasteiger partial charge in [0.2, 0.25) is 0 Å². The molecule has 0 amide bonds. The maximum absolute atomic E-state index is 10.7. The number of piperidine rings is 1. The molecule has 0 aromatic heterocycles. The summed E-state index contributed by atoms with van der Waals surface area (Å²) in [6.45, 7) is 9.23. The van der Waals surface area contributed by atoms with Crippen molar-refractivity contribution in [2.45, 2.75) is 58.1 Å². The van der Waals surface area contributed by atoms with Crippen LogP contribution in [0.15, 0.2) is 0 Å². The van der Waals surface area contributed by atoms with Crippen molar-refractivity contribution in [1.82, 2.24) is 4.90 Å². The number of nitrogens with two attached hydrogens (primary N) is 1. The summed E-state index contributed by atoms with van der Waals surface area (Å²) in [4.78, 5) is 2.44. The third-order valence-corrected chi connectivity index (χ3v) is 4.08. The summed E-state index contributed by atoms with van der Waals surface area (Å²) in [6.07, 6.45) is 3.92. The number of aliphatic hydroxyl groups is 1. The van der Waals surface area contributed by atoms with Crippen LogP contribution in [0.5, 0.6) is 0 Å². The number of rotatable bonds is 5. The molecule has 1 fully saturated rings. The van der Waals surface area contributed by atoms with E-state index in [-0.39, 0.29) is 5.92 Å². The molecular formula is C13H28N2O. The maximum Gasteiger partial charge on any atom is 0.0712 e. The molecule has 3 heteroatoms. The fraction of sp³-hybridized carbons (Fsp3) is 1.00. The van der Waals surface area contributed by atoms with Gasteiger partial charge in [-0.05, 0) is 45.6 Å². The van der Waals surface area contributed by atoms with Crippen LogP contribution >= 0.6 is 0 Å². The molecule has 1 atom stereocenters. The Morgan fingerprint density at radius 1 is 1.31 bits per heavy atom. The van der Waals surface area contributed by atoms with Gasteiger partial charge in [-0.1, -0.05) is 13.3 Å². The van der Waals surface area contributed by atoms with Crippen LogP contribution in [0.4, 0.5) is 0 Å². The summed E-state index contributed by atoms with van der Waals surface area (Å²) >= 11 is 0. The zero-order valence-corrected chi connectivity index (χ0v) is 11.1. The lowest BCUT2D eigenvalue weighted by atomic mass is 9.77. The van der Waals surface area contributed by atoms with Gasteiger partial charge in [0.1, 0.15) is 0 Å². The lowest BCUT2D eigenvalue weighted by molar-refractivity contribution is -0.0713. The SMILES string of the molecule is CCCC(CN)C1(O)CCN(C(C)C)CC1. The average molecular weight is 228 g/mol. The summed E-state index contributed by atoms with van der Waals surface area (Å²) in [7, 11) is 0. The second-order valence-electron chi connectivity index (χ2n) is 5.45. The Hall–Kier alpha value is -0.120. The molecule has 1 rings (SSSR count). The van der Waals surface area contributed by atoms with E-state index in [4.69, 9.17) is 5.73 Å². The number of hydrogen-bond acceptors (Lipinski definition) is 3. The first-order valence-electron chi connectivity index (χ1n) is 6.70. The van der Waals surface area contributed by atoms with Crippen LogP contribution in [0.1, 0.15) is 46.5 Å². The van der Waals surface area contributed by atoms with Crippen LogP contribution in [0.25, 0.3) is 0 Å². The molecule has 0 aliphatic carbocycles. The fourth-order valence-electron chi connectivity index (χ4n) is 2.79. The van der Waals surface area contributed by atoms with Crippen molar-refractivity contribution in [3.05, 3.63) is 0 Å². The Morgan fingerprint density at radius 3 is 2.25 bits per heavy atom. The Labute approximate surface area is 100 Å². The molecule has 0 spiro atoms. The quantitative estimate of drug-likeness (QED) is 0.751. The van der Waals surface area contributed by atoms with Crippen LogP contribution in [0, 0.1) is 5.92 Å². The molecule has 3 nitrogen and oxygen atoms in total. The van der Waals surface area contributed by atoms with Gasteiger partial charge < -0.3 is 15.7 Å². The molecule has 0 bridgehead atoms. The Morgan fingerprint density at radius 2 is 1.88 bits per heavy atom. The van der Waals surface area contributed by atoms with Crippen molar-refractivity contribution >= 4 is 0 Å². The Balaban J connectivity index is 2.53. The highest BCUT2D eigenvalue weighted by molar-refractivity contribution is 4.92. The van der Waals surface area contributed by atoms with Gasteiger partial charge in [0.05, 0.1) is 5.60 Å². The van der Waals surface area contributed by atoms with E-state index in [2.05, 4.69) is 25.7 Å². The zero-order chi connectivity index (χ0) is 12.2. The van der Waals surface area contributed by atoms with Crippen molar-refractivity contribution in [1.29, 1.82) is 0 Å². The molecule has 0 saturated carbocycles. The van der Waals surface area contributed by atoms with Crippen molar-refractivity contribution in [3.8, 4) is 0 Å². The van der Waals surface area contributed by atoms with E-state index in [0.717, 1.165) is 38.8 Å².